The van der Waals surface area contributed by atoms with Gasteiger partial charge in [-0.3, -0.25) is 4.79 Å². The Morgan fingerprint density at radius 1 is 1.14 bits per heavy atom. The molecule has 0 bridgehead atoms. The highest BCUT2D eigenvalue weighted by atomic mass is 16.2. The van der Waals surface area contributed by atoms with E-state index in [1.807, 2.05) is 55.5 Å². The summed E-state index contributed by atoms with van der Waals surface area (Å²) in [5, 5.41) is 6.43. The fourth-order valence-electron chi connectivity index (χ4n) is 2.86. The molecule has 1 unspecified atom stereocenters. The SMILES string of the molecule is C[C@@H](NC(=O)C1NCCc2ccccc21)c1ccccc1. The van der Waals surface area contributed by atoms with E-state index in [2.05, 4.69) is 16.7 Å². The van der Waals surface area contributed by atoms with Gasteiger partial charge >= 0.3 is 0 Å². The van der Waals surface area contributed by atoms with Crippen LogP contribution in [0.4, 0.5) is 0 Å². The minimum atomic E-state index is -0.249. The quantitative estimate of drug-likeness (QED) is 0.907. The molecule has 0 saturated heterocycles. The van der Waals surface area contributed by atoms with Crippen LogP contribution in [-0.2, 0) is 11.2 Å². The van der Waals surface area contributed by atoms with Gasteiger partial charge in [-0.25, -0.2) is 0 Å². The summed E-state index contributed by atoms with van der Waals surface area (Å²) in [5.41, 5.74) is 3.49. The van der Waals surface area contributed by atoms with E-state index in [9.17, 15) is 4.79 Å². The molecule has 2 N–H and O–H groups in total. The van der Waals surface area contributed by atoms with Crippen LogP contribution in [0.2, 0.25) is 0 Å². The molecule has 0 radical (unpaired) electrons. The van der Waals surface area contributed by atoms with Crippen molar-refractivity contribution in [2.75, 3.05) is 6.54 Å². The van der Waals surface area contributed by atoms with Crippen LogP contribution in [0.25, 0.3) is 0 Å². The zero-order chi connectivity index (χ0) is 14.7. The zero-order valence-electron chi connectivity index (χ0n) is 12.2. The van der Waals surface area contributed by atoms with Crippen molar-refractivity contribution in [3.8, 4) is 0 Å². The third-order valence-electron chi connectivity index (χ3n) is 4.03. The highest BCUT2D eigenvalue weighted by Crippen LogP contribution is 2.23. The van der Waals surface area contributed by atoms with Crippen LogP contribution >= 0.6 is 0 Å². The number of fused-ring (bicyclic) bond motifs is 1. The van der Waals surface area contributed by atoms with Crippen molar-refractivity contribution >= 4 is 5.91 Å². The van der Waals surface area contributed by atoms with E-state index in [1.54, 1.807) is 0 Å². The third kappa shape index (κ3) is 2.98. The molecule has 3 rings (SSSR count). The van der Waals surface area contributed by atoms with Gasteiger partial charge in [0, 0.05) is 6.54 Å². The van der Waals surface area contributed by atoms with Gasteiger partial charge in [0.15, 0.2) is 0 Å². The largest absolute Gasteiger partial charge is 0.348 e. The van der Waals surface area contributed by atoms with Gasteiger partial charge in [-0.1, -0.05) is 54.6 Å². The smallest absolute Gasteiger partial charge is 0.242 e. The van der Waals surface area contributed by atoms with E-state index in [0.717, 1.165) is 24.1 Å². The second-order valence-electron chi connectivity index (χ2n) is 5.48. The van der Waals surface area contributed by atoms with E-state index in [1.165, 1.54) is 5.56 Å². The van der Waals surface area contributed by atoms with Crippen LogP contribution < -0.4 is 10.6 Å². The number of carbonyl (C=O) groups excluding carboxylic acids is 1. The molecule has 3 heteroatoms. The second kappa shape index (κ2) is 6.10. The fraction of sp³-hybridized carbons (Fsp3) is 0.278. The monoisotopic (exact) mass is 280 g/mol. The average molecular weight is 280 g/mol. The Morgan fingerprint density at radius 2 is 1.86 bits per heavy atom. The van der Waals surface area contributed by atoms with Gasteiger partial charge in [-0.2, -0.15) is 0 Å². The summed E-state index contributed by atoms with van der Waals surface area (Å²) in [6.07, 6.45) is 0.980. The lowest BCUT2D eigenvalue weighted by molar-refractivity contribution is -0.124. The van der Waals surface area contributed by atoms with E-state index in [0.29, 0.717) is 0 Å². The number of nitrogens with one attached hydrogen (secondary N) is 2. The summed E-state index contributed by atoms with van der Waals surface area (Å²) in [5.74, 6) is 0.0403. The Hall–Kier alpha value is -2.13. The van der Waals surface area contributed by atoms with Gasteiger partial charge in [0.1, 0.15) is 6.04 Å². The minimum Gasteiger partial charge on any atom is -0.348 e. The van der Waals surface area contributed by atoms with Crippen molar-refractivity contribution in [2.45, 2.75) is 25.4 Å². The van der Waals surface area contributed by atoms with E-state index in [-0.39, 0.29) is 18.0 Å². The fourth-order valence-corrected chi connectivity index (χ4v) is 2.86. The first-order valence-electron chi connectivity index (χ1n) is 7.42. The van der Waals surface area contributed by atoms with Crippen LogP contribution in [-0.4, -0.2) is 12.5 Å². The van der Waals surface area contributed by atoms with Gasteiger partial charge < -0.3 is 10.6 Å². The van der Waals surface area contributed by atoms with Crippen LogP contribution in [0.5, 0.6) is 0 Å². The summed E-state index contributed by atoms with van der Waals surface area (Å²) in [6, 6.07) is 18.0. The lowest BCUT2D eigenvalue weighted by Gasteiger charge is -2.27. The normalized spacial score (nSPS) is 18.6. The van der Waals surface area contributed by atoms with E-state index in [4.69, 9.17) is 0 Å². The predicted octanol–water partition coefficient (Wildman–Crippen LogP) is 2.75. The Bertz CT molecular complexity index is 624. The molecule has 3 nitrogen and oxygen atoms in total. The Labute approximate surface area is 125 Å². The van der Waals surface area contributed by atoms with E-state index >= 15 is 0 Å². The number of benzene rings is 2. The molecule has 1 aliphatic rings. The molecule has 1 aliphatic heterocycles. The Kier molecular flexibility index (Phi) is 4.02. The van der Waals surface area contributed by atoms with Crippen LogP contribution in [0.15, 0.2) is 54.6 Å². The van der Waals surface area contributed by atoms with Gasteiger partial charge in [-0.05, 0) is 30.0 Å². The number of hydrogen-bond acceptors (Lipinski definition) is 2. The summed E-state index contributed by atoms with van der Waals surface area (Å²) in [7, 11) is 0. The zero-order valence-corrected chi connectivity index (χ0v) is 12.2. The van der Waals surface area contributed by atoms with Crippen LogP contribution in [0.3, 0.4) is 0 Å². The highest BCUT2D eigenvalue weighted by molar-refractivity contribution is 5.84. The summed E-state index contributed by atoms with van der Waals surface area (Å²) in [6.45, 7) is 2.86. The van der Waals surface area contributed by atoms with Crippen molar-refractivity contribution in [1.29, 1.82) is 0 Å². The van der Waals surface area contributed by atoms with Crippen molar-refractivity contribution in [3.05, 3.63) is 71.3 Å². The molecule has 2 aromatic rings. The van der Waals surface area contributed by atoms with Gasteiger partial charge in [0.05, 0.1) is 6.04 Å². The van der Waals surface area contributed by atoms with Crippen molar-refractivity contribution < 1.29 is 4.79 Å². The number of hydrogen-bond donors (Lipinski definition) is 2. The third-order valence-corrected chi connectivity index (χ3v) is 4.03. The first-order chi connectivity index (χ1) is 10.3. The molecule has 1 heterocycles. The maximum Gasteiger partial charge on any atom is 0.242 e. The van der Waals surface area contributed by atoms with Gasteiger partial charge in [0.2, 0.25) is 5.91 Å². The topological polar surface area (TPSA) is 41.1 Å². The van der Waals surface area contributed by atoms with Gasteiger partial charge in [0.25, 0.3) is 0 Å². The average Bonchev–Trinajstić information content (AvgIpc) is 2.55. The first-order valence-corrected chi connectivity index (χ1v) is 7.42. The molecular formula is C18H20N2O. The minimum absolute atomic E-state index is 0.00888. The standard InChI is InChI=1S/C18H20N2O/c1-13(14-7-3-2-4-8-14)20-18(21)17-16-10-6-5-9-15(16)11-12-19-17/h2-10,13,17,19H,11-12H2,1H3,(H,20,21)/t13-,17?/m1/s1. The Morgan fingerprint density at radius 3 is 2.67 bits per heavy atom. The first kappa shape index (κ1) is 13.8. The molecule has 21 heavy (non-hydrogen) atoms. The summed E-state index contributed by atoms with van der Waals surface area (Å²) in [4.78, 5) is 12.6. The van der Waals surface area contributed by atoms with Crippen molar-refractivity contribution in [1.82, 2.24) is 10.6 Å². The molecule has 0 saturated carbocycles. The van der Waals surface area contributed by atoms with Crippen molar-refractivity contribution in [2.24, 2.45) is 0 Å². The van der Waals surface area contributed by atoms with Gasteiger partial charge in [-0.15, -0.1) is 0 Å². The molecular weight excluding hydrogens is 260 g/mol. The molecule has 108 valence electrons. The number of amides is 1. The molecule has 0 spiro atoms. The molecule has 0 aromatic heterocycles. The lowest BCUT2D eigenvalue weighted by Crippen LogP contribution is -2.42. The lowest BCUT2D eigenvalue weighted by atomic mass is 9.93. The summed E-state index contributed by atoms with van der Waals surface area (Å²) < 4.78 is 0. The van der Waals surface area contributed by atoms with Crippen molar-refractivity contribution in [3.63, 3.8) is 0 Å². The van der Waals surface area contributed by atoms with Crippen LogP contribution in [0, 0.1) is 0 Å². The molecule has 0 fully saturated rings. The van der Waals surface area contributed by atoms with E-state index < -0.39 is 0 Å². The van der Waals surface area contributed by atoms with Crippen LogP contribution in [0.1, 0.15) is 35.7 Å². The number of rotatable bonds is 3. The summed E-state index contributed by atoms with van der Waals surface area (Å²) >= 11 is 0. The second-order valence-corrected chi connectivity index (χ2v) is 5.48. The Balaban J connectivity index is 1.75. The molecule has 2 aromatic carbocycles. The maximum absolute atomic E-state index is 12.6. The molecule has 0 aliphatic carbocycles. The molecule has 1 amide bonds. The maximum atomic E-state index is 12.6. The highest BCUT2D eigenvalue weighted by Gasteiger charge is 2.26. The number of carbonyl (C=O) groups is 1. The molecule has 2 atom stereocenters. The predicted molar refractivity (Wildman–Crippen MR) is 83.9 cm³/mol.